The SMILES string of the molecule is COc1ccc(COC(C)[C@H](Br)[C@H](NC(=O)OCc2ccccc2)[C@H](O)CS(=O)c2ccc(C)cc2)cc1. The van der Waals surface area contributed by atoms with Gasteiger partial charge in [0.15, 0.2) is 0 Å². The number of alkyl carbamates (subject to hydrolysis) is 1. The van der Waals surface area contributed by atoms with Crippen molar-refractivity contribution in [2.75, 3.05) is 12.9 Å². The van der Waals surface area contributed by atoms with Crippen molar-refractivity contribution in [3.8, 4) is 5.75 Å². The molecule has 0 heterocycles. The van der Waals surface area contributed by atoms with Crippen LogP contribution in [0.4, 0.5) is 4.79 Å². The zero-order valence-corrected chi connectivity index (χ0v) is 24.1. The van der Waals surface area contributed by atoms with Crippen molar-refractivity contribution in [3.63, 3.8) is 0 Å². The number of carbonyl (C=O) groups excluding carboxylic acids is 1. The Labute approximate surface area is 235 Å². The van der Waals surface area contributed by atoms with Gasteiger partial charge in [0.1, 0.15) is 12.4 Å². The molecule has 3 rings (SSSR count). The third kappa shape index (κ3) is 9.23. The maximum Gasteiger partial charge on any atom is 0.407 e. The Morgan fingerprint density at radius 3 is 2.24 bits per heavy atom. The standard InChI is InChI=1S/C29H34BrNO6S/c1-20-9-15-25(16-10-20)38(34)19-26(32)28(31-29(33)37-18-22-7-5-4-6-8-22)27(30)21(2)36-17-23-11-13-24(35-3)14-12-23/h4-16,21,26-28,32H,17-19H2,1-3H3,(H,31,33)/t21?,26-,27+,28-,38?/m1/s1. The second-order valence-electron chi connectivity index (χ2n) is 8.93. The Hall–Kier alpha value is -2.72. The highest BCUT2D eigenvalue weighted by molar-refractivity contribution is 9.09. The molecule has 0 spiro atoms. The number of hydrogen-bond donors (Lipinski definition) is 2. The minimum atomic E-state index is -1.47. The Morgan fingerprint density at radius 1 is 0.974 bits per heavy atom. The number of aliphatic hydroxyl groups is 1. The number of ether oxygens (including phenoxy) is 3. The van der Waals surface area contributed by atoms with Crippen molar-refractivity contribution in [2.45, 2.75) is 55.0 Å². The lowest BCUT2D eigenvalue weighted by Gasteiger charge is -2.31. The van der Waals surface area contributed by atoms with Crippen LogP contribution >= 0.6 is 15.9 Å². The lowest BCUT2D eigenvalue weighted by Crippen LogP contribution is -2.54. The van der Waals surface area contributed by atoms with Gasteiger partial charge < -0.3 is 24.6 Å². The second kappa shape index (κ2) is 15.0. The van der Waals surface area contributed by atoms with Gasteiger partial charge in [0.25, 0.3) is 0 Å². The number of alkyl halides is 1. The van der Waals surface area contributed by atoms with Crippen molar-refractivity contribution in [3.05, 3.63) is 95.6 Å². The van der Waals surface area contributed by atoms with Gasteiger partial charge in [-0.05, 0) is 49.2 Å². The number of methoxy groups -OCH3 is 1. The zero-order chi connectivity index (χ0) is 27.5. The highest BCUT2D eigenvalue weighted by atomic mass is 79.9. The molecule has 0 aliphatic carbocycles. The summed E-state index contributed by atoms with van der Waals surface area (Å²) in [4.78, 5) is 12.8. The summed E-state index contributed by atoms with van der Waals surface area (Å²) in [6, 6.07) is 23.3. The highest BCUT2D eigenvalue weighted by Gasteiger charge is 2.34. The van der Waals surface area contributed by atoms with Gasteiger partial charge in [0, 0.05) is 4.90 Å². The fourth-order valence-electron chi connectivity index (χ4n) is 3.67. The second-order valence-corrected chi connectivity index (χ2v) is 11.5. The molecule has 3 aromatic carbocycles. The average Bonchev–Trinajstić information content (AvgIpc) is 2.94. The van der Waals surface area contributed by atoms with Gasteiger partial charge in [0.2, 0.25) is 0 Å². The summed E-state index contributed by atoms with van der Waals surface area (Å²) < 4.78 is 29.6. The molecule has 0 aliphatic rings. The summed E-state index contributed by atoms with van der Waals surface area (Å²) in [6.07, 6.45) is -2.25. The normalized spacial score (nSPS) is 15.1. The van der Waals surface area contributed by atoms with E-state index in [9.17, 15) is 14.1 Å². The van der Waals surface area contributed by atoms with E-state index in [1.54, 1.807) is 19.2 Å². The van der Waals surface area contributed by atoms with Gasteiger partial charge in [-0.3, -0.25) is 4.21 Å². The van der Waals surface area contributed by atoms with E-state index in [0.29, 0.717) is 11.5 Å². The lowest BCUT2D eigenvalue weighted by molar-refractivity contribution is 0.0311. The van der Waals surface area contributed by atoms with Crippen molar-refractivity contribution < 1.29 is 28.3 Å². The Bertz CT molecular complexity index is 1160. The molecule has 9 heteroatoms. The number of rotatable bonds is 13. The zero-order valence-electron chi connectivity index (χ0n) is 21.7. The smallest absolute Gasteiger partial charge is 0.407 e. The summed E-state index contributed by atoms with van der Waals surface area (Å²) >= 11 is 3.61. The van der Waals surface area contributed by atoms with E-state index in [0.717, 1.165) is 22.4 Å². The Kier molecular flexibility index (Phi) is 11.8. The van der Waals surface area contributed by atoms with E-state index in [1.165, 1.54) is 0 Å². The predicted molar refractivity (Wildman–Crippen MR) is 152 cm³/mol. The monoisotopic (exact) mass is 603 g/mol. The molecule has 5 atom stereocenters. The van der Waals surface area contributed by atoms with Crippen LogP contribution in [0.3, 0.4) is 0 Å². The van der Waals surface area contributed by atoms with Gasteiger partial charge in [-0.1, -0.05) is 76.1 Å². The van der Waals surface area contributed by atoms with E-state index in [2.05, 4.69) is 21.2 Å². The fraction of sp³-hybridized carbons (Fsp3) is 0.345. The molecule has 0 saturated carbocycles. The molecule has 2 unspecified atom stereocenters. The fourth-order valence-corrected chi connectivity index (χ4v) is 5.45. The maximum absolute atomic E-state index is 13.0. The molecule has 0 radical (unpaired) electrons. The summed E-state index contributed by atoms with van der Waals surface area (Å²) in [6.45, 7) is 4.20. The molecule has 0 aliphatic heterocycles. The van der Waals surface area contributed by atoms with Gasteiger partial charge in [-0.25, -0.2) is 4.79 Å². The number of aryl methyl sites for hydroxylation is 1. The first-order valence-corrected chi connectivity index (χ1v) is 14.5. The van der Waals surface area contributed by atoms with Crippen LogP contribution in [0.25, 0.3) is 0 Å². The molecule has 1 amide bonds. The number of hydrogen-bond acceptors (Lipinski definition) is 6. The van der Waals surface area contributed by atoms with E-state index in [1.807, 2.05) is 80.6 Å². The molecule has 0 fully saturated rings. The predicted octanol–water partition coefficient (Wildman–Crippen LogP) is 5.14. The molecular formula is C29H34BrNO6S. The maximum atomic E-state index is 13.0. The first-order valence-electron chi connectivity index (χ1n) is 12.3. The van der Waals surface area contributed by atoms with E-state index < -0.39 is 40.0 Å². The first kappa shape index (κ1) is 29.8. The van der Waals surface area contributed by atoms with E-state index in [-0.39, 0.29) is 12.4 Å². The van der Waals surface area contributed by atoms with Crippen LogP contribution in [-0.2, 0) is 33.5 Å². The van der Waals surface area contributed by atoms with Crippen molar-refractivity contribution in [2.24, 2.45) is 0 Å². The van der Waals surface area contributed by atoms with Gasteiger partial charge in [-0.15, -0.1) is 0 Å². The third-order valence-corrected chi connectivity index (χ3v) is 8.74. The molecule has 2 N–H and O–H groups in total. The molecule has 38 heavy (non-hydrogen) atoms. The summed E-state index contributed by atoms with van der Waals surface area (Å²) in [5, 5.41) is 13.9. The Balaban J connectivity index is 1.67. The number of nitrogens with one attached hydrogen (secondary N) is 1. The molecule has 0 bridgehead atoms. The first-order chi connectivity index (χ1) is 18.3. The van der Waals surface area contributed by atoms with Crippen molar-refractivity contribution in [1.29, 1.82) is 0 Å². The minimum absolute atomic E-state index is 0.0695. The molecule has 204 valence electrons. The van der Waals surface area contributed by atoms with Crippen LogP contribution in [0.15, 0.2) is 83.8 Å². The molecule has 7 nitrogen and oxygen atoms in total. The third-order valence-electron chi connectivity index (χ3n) is 5.98. The number of benzene rings is 3. The van der Waals surface area contributed by atoms with Crippen LogP contribution < -0.4 is 10.1 Å². The van der Waals surface area contributed by atoms with Crippen molar-refractivity contribution in [1.82, 2.24) is 5.32 Å². The van der Waals surface area contributed by atoms with Crippen LogP contribution in [0, 0.1) is 6.92 Å². The van der Waals surface area contributed by atoms with Crippen LogP contribution in [0.2, 0.25) is 0 Å². The number of amides is 1. The largest absolute Gasteiger partial charge is 0.497 e. The topological polar surface area (TPSA) is 94.1 Å². The molecule has 0 saturated heterocycles. The molecular weight excluding hydrogens is 570 g/mol. The number of halogens is 1. The van der Waals surface area contributed by atoms with E-state index in [4.69, 9.17) is 14.2 Å². The number of carbonyl (C=O) groups is 1. The summed E-state index contributed by atoms with van der Waals surface area (Å²) in [5.74, 6) is 0.683. The summed E-state index contributed by atoms with van der Waals surface area (Å²) in [7, 11) is 0.137. The number of aliphatic hydroxyl groups excluding tert-OH is 1. The summed E-state index contributed by atoms with van der Waals surface area (Å²) in [5.41, 5.74) is 2.84. The average molecular weight is 605 g/mol. The minimum Gasteiger partial charge on any atom is -0.497 e. The highest BCUT2D eigenvalue weighted by Crippen LogP contribution is 2.21. The quantitative estimate of drug-likeness (QED) is 0.263. The molecule has 3 aromatic rings. The van der Waals surface area contributed by atoms with Crippen LogP contribution in [0.1, 0.15) is 23.6 Å². The van der Waals surface area contributed by atoms with Gasteiger partial charge in [0.05, 0.1) is 53.3 Å². The molecule has 0 aromatic heterocycles. The van der Waals surface area contributed by atoms with E-state index >= 15 is 0 Å². The lowest BCUT2D eigenvalue weighted by atomic mass is 10.1. The van der Waals surface area contributed by atoms with Gasteiger partial charge >= 0.3 is 6.09 Å². The van der Waals surface area contributed by atoms with Crippen molar-refractivity contribution >= 4 is 32.8 Å². The van der Waals surface area contributed by atoms with Crippen LogP contribution in [-0.4, -0.2) is 51.3 Å². The Morgan fingerprint density at radius 2 is 1.61 bits per heavy atom. The van der Waals surface area contributed by atoms with Gasteiger partial charge in [-0.2, -0.15) is 0 Å². The van der Waals surface area contributed by atoms with Crippen LogP contribution in [0.5, 0.6) is 5.75 Å².